The van der Waals surface area contributed by atoms with Crippen molar-refractivity contribution in [1.82, 2.24) is 0 Å². The lowest BCUT2D eigenvalue weighted by Crippen LogP contribution is -2.36. The molecule has 0 heterocycles. The Morgan fingerprint density at radius 1 is 0.471 bits per heavy atom. The molecule has 0 saturated heterocycles. The zero-order chi connectivity index (χ0) is 23.4. The van der Waals surface area contributed by atoms with Crippen LogP contribution in [0.2, 0.25) is 0 Å². The summed E-state index contributed by atoms with van der Waals surface area (Å²) in [5.74, 6) is -1.09. The van der Waals surface area contributed by atoms with Crippen LogP contribution in [0.4, 0.5) is 0 Å². The number of halogens is 2. The second kappa shape index (κ2) is 8.30. The van der Waals surface area contributed by atoms with E-state index >= 15 is 0 Å². The Labute approximate surface area is 213 Å². The average Bonchev–Trinajstić information content (AvgIpc) is 2.85. The van der Waals surface area contributed by atoms with Gasteiger partial charge in [0.25, 0.3) is 0 Å². The average molecular weight is 570 g/mol. The molecule has 2 nitrogen and oxygen atoms in total. The third-order valence-corrected chi connectivity index (χ3v) is 7.85. The first-order valence-corrected chi connectivity index (χ1v) is 12.7. The van der Waals surface area contributed by atoms with Gasteiger partial charge < -0.3 is 0 Å². The molecule has 0 bridgehead atoms. The van der Waals surface area contributed by atoms with Crippen LogP contribution in [0, 0.1) is 0 Å². The summed E-state index contributed by atoms with van der Waals surface area (Å²) in [6.45, 7) is 0. The molecular weight excluding hydrogens is 552 g/mol. The van der Waals surface area contributed by atoms with E-state index in [0.29, 0.717) is 11.1 Å². The summed E-state index contributed by atoms with van der Waals surface area (Å²) in [4.78, 5) is 27.8. The number of rotatable bonds is 4. The maximum atomic E-state index is 13.9. The molecule has 0 amide bonds. The predicted octanol–water partition coefficient (Wildman–Crippen LogP) is 8.46. The number of fused-ring (bicyclic) bond motifs is 6. The molecule has 1 aliphatic carbocycles. The third kappa shape index (κ3) is 3.28. The molecule has 0 N–H and O–H groups in total. The van der Waals surface area contributed by atoms with Crippen LogP contribution in [-0.4, -0.2) is 11.6 Å². The largest absolute Gasteiger partial charge is 0.293 e. The quantitative estimate of drug-likeness (QED) is 0.161. The van der Waals surface area contributed by atoms with E-state index in [9.17, 15) is 9.59 Å². The van der Waals surface area contributed by atoms with Crippen LogP contribution in [-0.2, 0) is 0 Å². The maximum absolute atomic E-state index is 13.9. The van der Waals surface area contributed by atoms with Gasteiger partial charge in [-0.05, 0) is 56.9 Å². The molecule has 0 spiro atoms. The minimum Gasteiger partial charge on any atom is -0.293 e. The number of carbonyl (C=O) groups excluding carboxylic acids is 2. The highest BCUT2D eigenvalue weighted by Gasteiger charge is 2.49. The van der Waals surface area contributed by atoms with E-state index in [1.807, 2.05) is 72.8 Å². The van der Waals surface area contributed by atoms with Crippen molar-refractivity contribution in [2.45, 2.75) is 11.8 Å². The molecule has 34 heavy (non-hydrogen) atoms. The van der Waals surface area contributed by atoms with Crippen LogP contribution in [0.25, 0.3) is 21.5 Å². The van der Waals surface area contributed by atoms with Gasteiger partial charge in [-0.15, -0.1) is 0 Å². The summed E-state index contributed by atoms with van der Waals surface area (Å²) in [7, 11) is 0. The zero-order valence-electron chi connectivity index (χ0n) is 18.0. The smallest absolute Gasteiger partial charge is 0.171 e. The van der Waals surface area contributed by atoms with Crippen molar-refractivity contribution >= 4 is 65.0 Å². The molecule has 0 aliphatic heterocycles. The van der Waals surface area contributed by atoms with Gasteiger partial charge in [-0.3, -0.25) is 9.59 Å². The highest BCUT2D eigenvalue weighted by molar-refractivity contribution is 9.10. The topological polar surface area (TPSA) is 34.1 Å². The van der Waals surface area contributed by atoms with Crippen LogP contribution < -0.4 is 0 Å². The normalized spacial score (nSPS) is 16.8. The molecular formula is C30H18Br2O2. The Kier molecular flexibility index (Phi) is 5.23. The van der Waals surface area contributed by atoms with Crippen LogP contribution in [0.3, 0.4) is 0 Å². The summed E-state index contributed by atoms with van der Waals surface area (Å²) in [5, 5.41) is 4.32. The van der Waals surface area contributed by atoms with Crippen LogP contribution in [0.5, 0.6) is 0 Å². The van der Waals surface area contributed by atoms with E-state index in [2.05, 4.69) is 56.1 Å². The molecule has 1 aliphatic rings. The molecule has 4 heteroatoms. The molecule has 0 fully saturated rings. The van der Waals surface area contributed by atoms with Gasteiger partial charge in [0.2, 0.25) is 0 Å². The standard InChI is InChI=1S/C30H18Br2O2/c31-19-13-9-17(10-14-19)29(33)27-25-23-7-3-1-5-21(23)22-6-2-4-8-24(22)26(25)28(27)30(34)18-11-15-20(32)16-12-18/h1-16,27-28H/t27-,28-/m1/s1. The van der Waals surface area contributed by atoms with E-state index in [4.69, 9.17) is 0 Å². The number of ketones is 2. The maximum Gasteiger partial charge on any atom is 0.171 e. The lowest BCUT2D eigenvalue weighted by molar-refractivity contribution is 0.0846. The van der Waals surface area contributed by atoms with Gasteiger partial charge in [0.05, 0.1) is 11.8 Å². The monoisotopic (exact) mass is 568 g/mol. The Hall–Kier alpha value is -3.08. The lowest BCUT2D eigenvalue weighted by atomic mass is 9.60. The second-order valence-corrected chi connectivity index (χ2v) is 10.4. The van der Waals surface area contributed by atoms with Crippen molar-refractivity contribution in [3.8, 4) is 0 Å². The molecule has 5 aromatic rings. The van der Waals surface area contributed by atoms with E-state index in [1.54, 1.807) is 0 Å². The van der Waals surface area contributed by atoms with Crippen molar-refractivity contribution < 1.29 is 9.59 Å². The Morgan fingerprint density at radius 3 is 1.15 bits per heavy atom. The Morgan fingerprint density at radius 2 is 0.794 bits per heavy atom. The number of Topliss-reactive ketones (excluding diaryl/α,β-unsaturated/α-hetero) is 2. The summed E-state index contributed by atoms with van der Waals surface area (Å²) in [6, 6.07) is 31.2. The fraction of sp³-hybridized carbons (Fsp3) is 0.0667. The summed E-state index contributed by atoms with van der Waals surface area (Å²) >= 11 is 6.90. The summed E-state index contributed by atoms with van der Waals surface area (Å²) < 4.78 is 1.83. The van der Waals surface area contributed by atoms with Crippen LogP contribution in [0.15, 0.2) is 106 Å². The number of hydrogen-bond acceptors (Lipinski definition) is 2. The minimum absolute atomic E-state index is 0.0177. The molecule has 164 valence electrons. The number of carbonyl (C=O) groups is 2. The molecule has 0 unspecified atom stereocenters. The van der Waals surface area contributed by atoms with Gasteiger partial charge in [-0.2, -0.15) is 0 Å². The van der Waals surface area contributed by atoms with E-state index < -0.39 is 11.8 Å². The molecule has 6 rings (SSSR count). The van der Waals surface area contributed by atoms with Gasteiger partial charge in [0.15, 0.2) is 11.6 Å². The van der Waals surface area contributed by atoms with Crippen molar-refractivity contribution in [1.29, 1.82) is 0 Å². The highest BCUT2D eigenvalue weighted by atomic mass is 79.9. The Balaban J connectivity index is 1.62. The van der Waals surface area contributed by atoms with Crippen molar-refractivity contribution in [3.63, 3.8) is 0 Å². The molecule has 0 aromatic heterocycles. The number of benzene rings is 5. The summed E-state index contributed by atoms with van der Waals surface area (Å²) in [6.07, 6.45) is 0. The predicted molar refractivity (Wildman–Crippen MR) is 144 cm³/mol. The Bertz CT molecular complexity index is 1480. The first kappa shape index (κ1) is 21.5. The van der Waals surface area contributed by atoms with E-state index in [-0.39, 0.29) is 11.6 Å². The summed E-state index contributed by atoms with van der Waals surface area (Å²) in [5.41, 5.74) is 3.20. The molecule has 2 atom stereocenters. The second-order valence-electron chi connectivity index (χ2n) is 8.62. The van der Waals surface area contributed by atoms with Gasteiger partial charge >= 0.3 is 0 Å². The van der Waals surface area contributed by atoms with Gasteiger partial charge in [0, 0.05) is 20.1 Å². The molecule has 5 aromatic carbocycles. The van der Waals surface area contributed by atoms with Gasteiger partial charge in [0.1, 0.15) is 0 Å². The lowest BCUT2D eigenvalue weighted by Gasteiger charge is -2.40. The van der Waals surface area contributed by atoms with E-state index in [1.165, 1.54) is 0 Å². The van der Waals surface area contributed by atoms with Gasteiger partial charge in [-0.1, -0.05) is 105 Å². The fourth-order valence-corrected chi connectivity index (χ4v) is 5.78. The fourth-order valence-electron chi connectivity index (χ4n) is 5.26. The first-order valence-electron chi connectivity index (χ1n) is 11.1. The SMILES string of the molecule is O=C(c1ccc(Br)cc1)[C@@H]1c2c(c3ccccc3c3ccccc23)[C@H]1C(=O)c1ccc(Br)cc1. The third-order valence-electron chi connectivity index (χ3n) is 6.79. The number of hydrogen-bond donors (Lipinski definition) is 0. The van der Waals surface area contributed by atoms with E-state index in [0.717, 1.165) is 41.6 Å². The van der Waals surface area contributed by atoms with Crippen LogP contribution >= 0.6 is 31.9 Å². The minimum atomic E-state index is -0.526. The van der Waals surface area contributed by atoms with Crippen molar-refractivity contribution in [2.24, 2.45) is 0 Å². The molecule has 0 saturated carbocycles. The highest BCUT2D eigenvalue weighted by Crippen LogP contribution is 2.56. The zero-order valence-corrected chi connectivity index (χ0v) is 21.1. The van der Waals surface area contributed by atoms with Gasteiger partial charge in [-0.25, -0.2) is 0 Å². The van der Waals surface area contributed by atoms with Crippen LogP contribution in [0.1, 0.15) is 43.7 Å². The van der Waals surface area contributed by atoms with Crippen molar-refractivity contribution in [3.05, 3.63) is 128 Å². The first-order chi connectivity index (χ1) is 16.5. The molecule has 0 radical (unpaired) electrons. The van der Waals surface area contributed by atoms with Crippen molar-refractivity contribution in [2.75, 3.05) is 0 Å².